The van der Waals surface area contributed by atoms with Crippen molar-refractivity contribution in [3.8, 4) is 0 Å². The molecule has 3 heteroatoms. The van der Waals surface area contributed by atoms with Gasteiger partial charge in [-0.05, 0) is 26.3 Å². The topological polar surface area (TPSA) is 33.6 Å². The van der Waals surface area contributed by atoms with E-state index in [9.17, 15) is 0 Å². The Morgan fingerprint density at radius 2 is 2.20 bits per heavy atom. The molecule has 0 saturated heterocycles. The van der Waals surface area contributed by atoms with Gasteiger partial charge in [-0.1, -0.05) is 18.7 Å². The first-order chi connectivity index (χ1) is 7.21. The summed E-state index contributed by atoms with van der Waals surface area (Å²) in [5, 5.41) is 3.13. The Hall–Kier alpha value is -1.51. The van der Waals surface area contributed by atoms with Gasteiger partial charge in [0.15, 0.2) is 0 Å². The highest BCUT2D eigenvalue weighted by molar-refractivity contribution is 5.72. The van der Waals surface area contributed by atoms with Crippen LogP contribution in [0, 0.1) is 0 Å². The van der Waals surface area contributed by atoms with Crippen LogP contribution in [0.15, 0.2) is 40.9 Å². The van der Waals surface area contributed by atoms with E-state index in [-0.39, 0.29) is 0 Å². The average molecular weight is 208 g/mol. The van der Waals surface area contributed by atoms with Crippen molar-refractivity contribution in [3.63, 3.8) is 0 Å². The van der Waals surface area contributed by atoms with E-state index in [1.165, 1.54) is 0 Å². The molecule has 0 unspecified atom stereocenters. The van der Waals surface area contributed by atoms with Gasteiger partial charge in [-0.15, -0.1) is 0 Å². The first-order valence-electron chi connectivity index (χ1n) is 5.01. The lowest BCUT2D eigenvalue weighted by atomic mass is 10.2. The van der Waals surface area contributed by atoms with Gasteiger partial charge in [-0.2, -0.15) is 0 Å². The number of aliphatic imine (C=N–C) groups is 1. The predicted octanol–water partition coefficient (Wildman–Crippen LogP) is 2.63. The SMILES string of the molecule is C=CC=NC(/C(C)=C\C)=C(/NCC)OC. The van der Waals surface area contributed by atoms with E-state index >= 15 is 0 Å². The molecule has 0 fully saturated rings. The van der Waals surface area contributed by atoms with E-state index in [2.05, 4.69) is 16.9 Å². The van der Waals surface area contributed by atoms with E-state index < -0.39 is 0 Å². The Morgan fingerprint density at radius 3 is 2.60 bits per heavy atom. The van der Waals surface area contributed by atoms with Gasteiger partial charge < -0.3 is 10.1 Å². The molecule has 0 bridgehead atoms. The highest BCUT2D eigenvalue weighted by Gasteiger charge is 2.06. The first kappa shape index (κ1) is 13.5. The fraction of sp³-hybridized carbons (Fsp3) is 0.417. The molecule has 0 atom stereocenters. The zero-order chi connectivity index (χ0) is 11.7. The first-order valence-corrected chi connectivity index (χ1v) is 5.01. The molecule has 0 rings (SSSR count). The Labute approximate surface area is 92.2 Å². The van der Waals surface area contributed by atoms with Crippen molar-refractivity contribution in [2.45, 2.75) is 20.8 Å². The molecule has 0 aromatic heterocycles. The number of hydrogen-bond donors (Lipinski definition) is 1. The number of hydrogen-bond acceptors (Lipinski definition) is 3. The molecular weight excluding hydrogens is 188 g/mol. The Kier molecular flexibility index (Phi) is 7.06. The number of allylic oxidation sites excluding steroid dienone is 3. The van der Waals surface area contributed by atoms with E-state index in [0.717, 1.165) is 17.8 Å². The predicted molar refractivity (Wildman–Crippen MR) is 65.8 cm³/mol. The molecule has 0 amide bonds. The van der Waals surface area contributed by atoms with Crippen molar-refractivity contribution in [1.29, 1.82) is 0 Å². The molecular formula is C12H20N2O. The molecule has 0 aromatic rings. The molecule has 0 aromatic carbocycles. The van der Waals surface area contributed by atoms with Crippen LogP contribution >= 0.6 is 0 Å². The highest BCUT2D eigenvalue weighted by Crippen LogP contribution is 2.14. The average Bonchev–Trinajstić information content (AvgIpc) is 2.27. The van der Waals surface area contributed by atoms with Crippen LogP contribution in [-0.4, -0.2) is 19.9 Å². The number of methoxy groups -OCH3 is 1. The summed E-state index contributed by atoms with van der Waals surface area (Å²) in [6.45, 7) is 10.4. The maximum Gasteiger partial charge on any atom is 0.213 e. The van der Waals surface area contributed by atoms with Crippen LogP contribution in [0.5, 0.6) is 0 Å². The quantitative estimate of drug-likeness (QED) is 0.413. The molecule has 0 aliphatic heterocycles. The lowest BCUT2D eigenvalue weighted by molar-refractivity contribution is 0.258. The second-order valence-electron chi connectivity index (χ2n) is 2.90. The zero-order valence-electron chi connectivity index (χ0n) is 10.0. The van der Waals surface area contributed by atoms with Crippen LogP contribution in [-0.2, 0) is 4.74 Å². The molecule has 0 heterocycles. The summed E-state index contributed by atoms with van der Waals surface area (Å²) >= 11 is 0. The fourth-order valence-electron chi connectivity index (χ4n) is 1.02. The molecule has 0 saturated carbocycles. The summed E-state index contributed by atoms with van der Waals surface area (Å²) in [5.74, 6) is 0.686. The summed E-state index contributed by atoms with van der Waals surface area (Å²) in [6, 6.07) is 0. The van der Waals surface area contributed by atoms with Crippen LogP contribution in [0.2, 0.25) is 0 Å². The molecule has 15 heavy (non-hydrogen) atoms. The van der Waals surface area contributed by atoms with Crippen LogP contribution in [0.3, 0.4) is 0 Å². The summed E-state index contributed by atoms with van der Waals surface area (Å²) in [6.07, 6.45) is 5.28. The number of nitrogens with zero attached hydrogens (tertiary/aromatic N) is 1. The Morgan fingerprint density at radius 1 is 1.53 bits per heavy atom. The Bertz CT molecular complexity index is 288. The van der Waals surface area contributed by atoms with Gasteiger partial charge in [-0.3, -0.25) is 4.99 Å². The highest BCUT2D eigenvalue weighted by atomic mass is 16.5. The molecule has 3 nitrogen and oxygen atoms in total. The second kappa shape index (κ2) is 7.85. The van der Waals surface area contributed by atoms with Gasteiger partial charge in [0.1, 0.15) is 5.70 Å². The van der Waals surface area contributed by atoms with Crippen molar-refractivity contribution < 1.29 is 4.74 Å². The minimum atomic E-state index is 0.686. The summed E-state index contributed by atoms with van der Waals surface area (Å²) < 4.78 is 5.25. The third kappa shape index (κ3) is 4.49. The van der Waals surface area contributed by atoms with Gasteiger partial charge in [0.05, 0.1) is 7.11 Å². The maximum atomic E-state index is 5.25. The van der Waals surface area contributed by atoms with Gasteiger partial charge >= 0.3 is 0 Å². The van der Waals surface area contributed by atoms with Crippen molar-refractivity contribution in [2.75, 3.05) is 13.7 Å². The van der Waals surface area contributed by atoms with Crippen LogP contribution in [0.1, 0.15) is 20.8 Å². The largest absolute Gasteiger partial charge is 0.481 e. The van der Waals surface area contributed by atoms with Crippen molar-refractivity contribution in [3.05, 3.63) is 35.9 Å². The second-order valence-corrected chi connectivity index (χ2v) is 2.90. The van der Waals surface area contributed by atoms with Gasteiger partial charge in [-0.25, -0.2) is 0 Å². The fourth-order valence-corrected chi connectivity index (χ4v) is 1.02. The van der Waals surface area contributed by atoms with Gasteiger partial charge in [0.2, 0.25) is 5.88 Å². The molecule has 0 aliphatic rings. The minimum absolute atomic E-state index is 0.686. The van der Waals surface area contributed by atoms with Crippen molar-refractivity contribution in [2.24, 2.45) is 4.99 Å². The monoisotopic (exact) mass is 208 g/mol. The van der Waals surface area contributed by atoms with Crippen molar-refractivity contribution in [1.82, 2.24) is 5.32 Å². The third-order valence-corrected chi connectivity index (χ3v) is 1.87. The number of ether oxygens (including phenoxy) is 1. The molecule has 1 N–H and O–H groups in total. The third-order valence-electron chi connectivity index (χ3n) is 1.87. The lowest BCUT2D eigenvalue weighted by Crippen LogP contribution is -2.16. The summed E-state index contributed by atoms with van der Waals surface area (Å²) in [5.41, 5.74) is 1.87. The van der Waals surface area contributed by atoms with E-state index in [0.29, 0.717) is 5.88 Å². The summed E-state index contributed by atoms with van der Waals surface area (Å²) in [7, 11) is 1.63. The Balaban J connectivity index is 5.18. The maximum absolute atomic E-state index is 5.25. The van der Waals surface area contributed by atoms with Crippen molar-refractivity contribution >= 4 is 6.21 Å². The molecule has 0 aliphatic carbocycles. The normalized spacial score (nSPS) is 13.7. The number of rotatable bonds is 6. The van der Waals surface area contributed by atoms with E-state index in [1.54, 1.807) is 19.4 Å². The minimum Gasteiger partial charge on any atom is -0.481 e. The molecule has 0 radical (unpaired) electrons. The lowest BCUT2D eigenvalue weighted by Gasteiger charge is -2.11. The standard InChI is InChI=1S/C12H20N2O/c1-6-9-14-11(10(4)7-2)12(15-5)13-8-3/h6-7,9,13H,1,8H2,2-5H3/b10-7-,12-11-,14-9?. The van der Waals surface area contributed by atoms with Gasteiger partial charge in [0, 0.05) is 12.8 Å². The zero-order valence-corrected chi connectivity index (χ0v) is 10.0. The van der Waals surface area contributed by atoms with Crippen LogP contribution in [0.4, 0.5) is 0 Å². The smallest absolute Gasteiger partial charge is 0.213 e. The van der Waals surface area contributed by atoms with E-state index in [4.69, 9.17) is 4.74 Å². The van der Waals surface area contributed by atoms with Crippen LogP contribution < -0.4 is 5.32 Å². The molecule has 0 spiro atoms. The summed E-state index contributed by atoms with van der Waals surface area (Å²) in [4.78, 5) is 4.28. The van der Waals surface area contributed by atoms with Crippen LogP contribution in [0.25, 0.3) is 0 Å². The molecule has 84 valence electrons. The number of nitrogens with one attached hydrogen (secondary N) is 1. The van der Waals surface area contributed by atoms with Gasteiger partial charge in [0.25, 0.3) is 0 Å². The van der Waals surface area contributed by atoms with E-state index in [1.807, 2.05) is 26.8 Å².